The number of carbonyl (C=O) groups excluding carboxylic acids is 1. The van der Waals surface area contributed by atoms with Crippen LogP contribution >= 0.6 is 11.8 Å². The van der Waals surface area contributed by atoms with Gasteiger partial charge in [-0.15, -0.1) is 11.8 Å². The summed E-state index contributed by atoms with van der Waals surface area (Å²) in [5.74, 6) is 1.52. The van der Waals surface area contributed by atoms with Crippen molar-refractivity contribution in [1.29, 1.82) is 0 Å². The Kier molecular flexibility index (Phi) is 5.71. The van der Waals surface area contributed by atoms with Gasteiger partial charge in [-0.05, 0) is 74.9 Å². The van der Waals surface area contributed by atoms with E-state index in [1.165, 1.54) is 12.1 Å². The molecule has 0 aliphatic carbocycles. The lowest BCUT2D eigenvalue weighted by Gasteiger charge is -2.32. The molecule has 1 heterocycles. The van der Waals surface area contributed by atoms with Crippen LogP contribution in [0.4, 0.5) is 14.9 Å². The molecule has 1 amide bonds. The number of fused-ring (bicyclic) bond motifs is 1. The number of hydrogen-bond acceptors (Lipinski definition) is 4. The van der Waals surface area contributed by atoms with Crippen LogP contribution in [0.2, 0.25) is 0 Å². The van der Waals surface area contributed by atoms with E-state index >= 15 is 0 Å². The number of benzene rings is 2. The van der Waals surface area contributed by atoms with Gasteiger partial charge in [-0.2, -0.15) is 0 Å². The lowest BCUT2D eigenvalue weighted by atomic mass is 9.94. The molecule has 0 saturated heterocycles. The van der Waals surface area contributed by atoms with E-state index in [1.807, 2.05) is 32.0 Å². The summed E-state index contributed by atoms with van der Waals surface area (Å²) < 4.78 is 24.0. The minimum Gasteiger partial charge on any atom is -0.494 e. The van der Waals surface area contributed by atoms with Crippen LogP contribution in [0.5, 0.6) is 5.75 Å². The molecular formula is C20H22FNO3S. The maximum absolute atomic E-state index is 12.9. The molecule has 1 aliphatic rings. The highest BCUT2D eigenvalue weighted by molar-refractivity contribution is 7.99. The first-order valence-electron chi connectivity index (χ1n) is 8.60. The van der Waals surface area contributed by atoms with Gasteiger partial charge in [-0.1, -0.05) is 0 Å². The molecule has 0 spiro atoms. The third-order valence-electron chi connectivity index (χ3n) is 4.11. The summed E-state index contributed by atoms with van der Waals surface area (Å²) >= 11 is 1.71. The maximum atomic E-state index is 12.9. The number of cyclic esters (lactones) is 1. The lowest BCUT2D eigenvalue weighted by molar-refractivity contribution is 0.0418. The highest BCUT2D eigenvalue weighted by Gasteiger charge is 2.33. The summed E-state index contributed by atoms with van der Waals surface area (Å²) in [5.41, 5.74) is 0.985. The van der Waals surface area contributed by atoms with Gasteiger partial charge in [0.2, 0.25) is 0 Å². The molecular weight excluding hydrogens is 353 g/mol. The van der Waals surface area contributed by atoms with Crippen molar-refractivity contribution in [2.24, 2.45) is 0 Å². The summed E-state index contributed by atoms with van der Waals surface area (Å²) in [5, 5.41) is 2.70. The molecule has 0 fully saturated rings. The van der Waals surface area contributed by atoms with Crippen LogP contribution in [-0.4, -0.2) is 18.5 Å². The Labute approximate surface area is 157 Å². The van der Waals surface area contributed by atoms with E-state index in [4.69, 9.17) is 9.47 Å². The molecule has 4 nitrogen and oxygen atoms in total. The number of anilines is 1. The zero-order chi connectivity index (χ0) is 18.6. The Morgan fingerprint density at radius 2 is 1.92 bits per heavy atom. The number of amides is 1. The third kappa shape index (κ3) is 4.69. The zero-order valence-electron chi connectivity index (χ0n) is 14.9. The van der Waals surface area contributed by atoms with Crippen molar-refractivity contribution in [1.82, 2.24) is 0 Å². The molecule has 26 heavy (non-hydrogen) atoms. The second-order valence-electron chi connectivity index (χ2n) is 6.59. The second kappa shape index (κ2) is 7.99. The predicted molar refractivity (Wildman–Crippen MR) is 101 cm³/mol. The van der Waals surface area contributed by atoms with Gasteiger partial charge in [-0.25, -0.2) is 9.18 Å². The maximum Gasteiger partial charge on any atom is 0.412 e. The van der Waals surface area contributed by atoms with E-state index in [2.05, 4.69) is 5.32 Å². The van der Waals surface area contributed by atoms with Gasteiger partial charge in [0.1, 0.15) is 17.2 Å². The van der Waals surface area contributed by atoms with Crippen LogP contribution in [0.25, 0.3) is 0 Å². The van der Waals surface area contributed by atoms with Gasteiger partial charge in [0.25, 0.3) is 0 Å². The summed E-state index contributed by atoms with van der Waals surface area (Å²) in [4.78, 5) is 12.6. The average molecular weight is 375 g/mol. The Morgan fingerprint density at radius 1 is 1.15 bits per heavy atom. The number of hydrogen-bond donors (Lipinski definition) is 1. The molecule has 1 N–H and O–H groups in total. The van der Waals surface area contributed by atoms with E-state index in [-0.39, 0.29) is 5.82 Å². The monoisotopic (exact) mass is 375 g/mol. The van der Waals surface area contributed by atoms with Crippen molar-refractivity contribution in [3.8, 4) is 5.75 Å². The molecule has 2 aromatic carbocycles. The molecule has 0 saturated carbocycles. The summed E-state index contributed by atoms with van der Waals surface area (Å²) in [6.45, 7) is 4.35. The molecule has 3 rings (SSSR count). The predicted octanol–water partition coefficient (Wildman–Crippen LogP) is 5.57. The van der Waals surface area contributed by atoms with Crippen molar-refractivity contribution < 1.29 is 18.7 Å². The van der Waals surface area contributed by atoms with Gasteiger partial charge in [0.05, 0.1) is 12.3 Å². The summed E-state index contributed by atoms with van der Waals surface area (Å²) in [7, 11) is 0. The fourth-order valence-electron chi connectivity index (χ4n) is 2.76. The van der Waals surface area contributed by atoms with Crippen molar-refractivity contribution in [3.63, 3.8) is 0 Å². The van der Waals surface area contributed by atoms with Crippen LogP contribution in [0.1, 0.15) is 32.3 Å². The molecule has 138 valence electrons. The standard InChI is InChI=1S/C20H22FNO3S/c1-20(2)17-13-15(7-10-18(17)22-19(23)25-20)24-11-3-4-12-26-16-8-5-14(21)6-9-16/h5-10,13H,3-4,11-12H2,1-2H3,(H,22,23). The molecule has 0 atom stereocenters. The number of thioether (sulfide) groups is 1. The quantitative estimate of drug-likeness (QED) is 0.507. The first-order valence-corrected chi connectivity index (χ1v) is 9.58. The van der Waals surface area contributed by atoms with Gasteiger partial charge >= 0.3 is 6.09 Å². The SMILES string of the molecule is CC1(C)OC(=O)Nc2ccc(OCCCCSc3ccc(F)cc3)cc21. The Morgan fingerprint density at radius 3 is 2.69 bits per heavy atom. The number of rotatable bonds is 7. The fourth-order valence-corrected chi connectivity index (χ4v) is 3.67. The summed E-state index contributed by atoms with van der Waals surface area (Å²) in [6.07, 6.45) is 1.51. The van der Waals surface area contributed by atoms with Crippen LogP contribution in [0, 0.1) is 5.82 Å². The van der Waals surface area contributed by atoms with E-state index in [9.17, 15) is 9.18 Å². The summed E-state index contributed by atoms with van der Waals surface area (Å²) in [6, 6.07) is 12.2. The van der Waals surface area contributed by atoms with Crippen molar-refractivity contribution in [2.75, 3.05) is 17.7 Å². The molecule has 0 unspecified atom stereocenters. The number of ether oxygens (including phenoxy) is 2. The lowest BCUT2D eigenvalue weighted by Crippen LogP contribution is -2.34. The number of nitrogens with one attached hydrogen (secondary N) is 1. The van der Waals surface area contributed by atoms with Crippen molar-refractivity contribution >= 4 is 23.5 Å². The van der Waals surface area contributed by atoms with Gasteiger partial charge in [0.15, 0.2) is 0 Å². The molecule has 1 aliphatic heterocycles. The number of carbonyl (C=O) groups is 1. The average Bonchev–Trinajstić information content (AvgIpc) is 2.59. The highest BCUT2D eigenvalue weighted by atomic mass is 32.2. The minimum absolute atomic E-state index is 0.207. The second-order valence-corrected chi connectivity index (χ2v) is 7.76. The number of halogens is 1. The number of unbranched alkanes of at least 4 members (excludes halogenated alkanes) is 1. The largest absolute Gasteiger partial charge is 0.494 e. The van der Waals surface area contributed by atoms with Gasteiger partial charge < -0.3 is 9.47 Å². The Bertz CT molecular complexity index is 777. The van der Waals surface area contributed by atoms with E-state index in [1.54, 1.807) is 23.9 Å². The first kappa shape index (κ1) is 18.6. The van der Waals surface area contributed by atoms with Crippen molar-refractivity contribution in [3.05, 3.63) is 53.8 Å². The normalized spacial score (nSPS) is 15.0. The zero-order valence-corrected chi connectivity index (χ0v) is 15.7. The van der Waals surface area contributed by atoms with Crippen LogP contribution < -0.4 is 10.1 Å². The van der Waals surface area contributed by atoms with Gasteiger partial charge in [-0.3, -0.25) is 5.32 Å². The van der Waals surface area contributed by atoms with E-state index in [0.717, 1.165) is 40.5 Å². The van der Waals surface area contributed by atoms with Gasteiger partial charge in [0, 0.05) is 10.5 Å². The molecule has 2 aromatic rings. The minimum atomic E-state index is -0.678. The Balaban J connectivity index is 1.44. The third-order valence-corrected chi connectivity index (χ3v) is 5.21. The smallest absolute Gasteiger partial charge is 0.412 e. The van der Waals surface area contributed by atoms with E-state index in [0.29, 0.717) is 6.61 Å². The highest BCUT2D eigenvalue weighted by Crippen LogP contribution is 2.37. The molecule has 0 aromatic heterocycles. The Hall–Kier alpha value is -2.21. The van der Waals surface area contributed by atoms with Crippen LogP contribution in [-0.2, 0) is 10.3 Å². The first-order chi connectivity index (χ1) is 12.4. The van der Waals surface area contributed by atoms with Crippen LogP contribution in [0.3, 0.4) is 0 Å². The van der Waals surface area contributed by atoms with Crippen molar-refractivity contribution in [2.45, 2.75) is 37.2 Å². The fraction of sp³-hybridized carbons (Fsp3) is 0.350. The van der Waals surface area contributed by atoms with E-state index < -0.39 is 11.7 Å². The molecule has 6 heteroatoms. The topological polar surface area (TPSA) is 47.6 Å². The molecule has 0 radical (unpaired) electrons. The van der Waals surface area contributed by atoms with Crippen LogP contribution in [0.15, 0.2) is 47.4 Å². The molecule has 0 bridgehead atoms.